The quantitative estimate of drug-likeness (QED) is 0.214. The maximum absolute atomic E-state index is 12.5. The van der Waals surface area contributed by atoms with E-state index < -0.39 is 4.92 Å². The molecule has 0 saturated heterocycles. The summed E-state index contributed by atoms with van der Waals surface area (Å²) in [5, 5.41) is 11.6. The molecule has 1 heterocycles. The van der Waals surface area contributed by atoms with Crippen LogP contribution in [0.2, 0.25) is 0 Å². The highest BCUT2D eigenvalue weighted by atomic mass is 32.2. The molecule has 1 aliphatic rings. The Bertz CT molecular complexity index is 1170. The number of ketones is 1. The van der Waals surface area contributed by atoms with Crippen LogP contribution in [0.3, 0.4) is 0 Å². The minimum atomic E-state index is -0.406. The number of carbonyl (C=O) groups is 1. The molecule has 3 aromatic carbocycles. The average Bonchev–Trinajstić information content (AvgIpc) is 2.79. The lowest BCUT2D eigenvalue weighted by atomic mass is 10.1. The number of ether oxygens (including phenoxy) is 2. The van der Waals surface area contributed by atoms with Gasteiger partial charge in [-0.15, -0.1) is 0 Å². The molecular formula is C24H19NO5S. The van der Waals surface area contributed by atoms with Crippen LogP contribution in [-0.2, 0) is 0 Å². The zero-order valence-electron chi connectivity index (χ0n) is 16.7. The third-order valence-corrected chi connectivity index (χ3v) is 5.76. The van der Waals surface area contributed by atoms with Crippen LogP contribution in [0.1, 0.15) is 21.5 Å². The number of nitro benzene ring substituents is 1. The Morgan fingerprint density at radius 3 is 2.48 bits per heavy atom. The number of nitro groups is 1. The number of aryl methyl sites for hydroxylation is 1. The number of nitrogens with zero attached hydrogens (tertiary/aromatic N) is 1. The van der Waals surface area contributed by atoms with Crippen molar-refractivity contribution >= 4 is 29.3 Å². The van der Waals surface area contributed by atoms with Gasteiger partial charge < -0.3 is 9.47 Å². The van der Waals surface area contributed by atoms with Crippen molar-refractivity contribution in [2.75, 3.05) is 13.2 Å². The molecule has 0 aliphatic carbocycles. The summed E-state index contributed by atoms with van der Waals surface area (Å²) < 4.78 is 11.0. The van der Waals surface area contributed by atoms with Crippen molar-refractivity contribution in [1.29, 1.82) is 0 Å². The van der Waals surface area contributed by atoms with Crippen molar-refractivity contribution in [2.24, 2.45) is 0 Å². The van der Waals surface area contributed by atoms with Crippen LogP contribution in [-0.4, -0.2) is 23.9 Å². The highest BCUT2D eigenvalue weighted by Gasteiger charge is 2.16. The first kappa shape index (κ1) is 20.7. The van der Waals surface area contributed by atoms with E-state index in [-0.39, 0.29) is 11.5 Å². The van der Waals surface area contributed by atoms with Gasteiger partial charge in [-0.25, -0.2) is 0 Å². The lowest BCUT2D eigenvalue weighted by Gasteiger charge is -2.18. The summed E-state index contributed by atoms with van der Waals surface area (Å²) in [5.41, 5.74) is 2.16. The predicted molar refractivity (Wildman–Crippen MR) is 119 cm³/mol. The van der Waals surface area contributed by atoms with Crippen molar-refractivity contribution in [2.45, 2.75) is 16.7 Å². The fourth-order valence-electron chi connectivity index (χ4n) is 3.07. The lowest BCUT2D eigenvalue weighted by Crippen LogP contribution is -2.15. The Balaban J connectivity index is 1.53. The van der Waals surface area contributed by atoms with E-state index in [1.54, 1.807) is 36.4 Å². The third-order valence-electron chi connectivity index (χ3n) is 4.68. The summed E-state index contributed by atoms with van der Waals surface area (Å²) in [5.74, 6) is 0.931. The summed E-state index contributed by atoms with van der Waals surface area (Å²) in [6.45, 7) is 2.92. The van der Waals surface area contributed by atoms with Crippen molar-refractivity contribution in [3.8, 4) is 11.5 Å². The van der Waals surface area contributed by atoms with E-state index in [9.17, 15) is 14.9 Å². The number of rotatable bonds is 6. The maximum atomic E-state index is 12.5. The molecule has 0 amide bonds. The van der Waals surface area contributed by atoms with Gasteiger partial charge in [0.15, 0.2) is 17.3 Å². The van der Waals surface area contributed by atoms with Crippen LogP contribution in [0, 0.1) is 17.0 Å². The Morgan fingerprint density at radius 1 is 1.00 bits per heavy atom. The van der Waals surface area contributed by atoms with E-state index in [2.05, 4.69) is 0 Å². The Kier molecular flexibility index (Phi) is 6.04. The first-order valence-electron chi connectivity index (χ1n) is 9.64. The SMILES string of the molecule is Cc1ccc(Sc2ccc(C=CC(=O)c3ccc4c(c3)OCCO4)cc2[N+](=O)[O-])cc1. The highest BCUT2D eigenvalue weighted by molar-refractivity contribution is 7.99. The van der Waals surface area contributed by atoms with Gasteiger partial charge in [-0.05, 0) is 55.0 Å². The fraction of sp³-hybridized carbons (Fsp3) is 0.125. The van der Waals surface area contributed by atoms with Crippen LogP contribution in [0.5, 0.6) is 11.5 Å². The largest absolute Gasteiger partial charge is 0.486 e. The molecule has 0 saturated carbocycles. The normalized spacial score (nSPS) is 12.7. The number of benzene rings is 3. The van der Waals surface area contributed by atoms with E-state index in [1.165, 1.54) is 23.9 Å². The van der Waals surface area contributed by atoms with Crippen LogP contribution in [0.4, 0.5) is 5.69 Å². The Hall–Kier alpha value is -3.58. The molecule has 0 N–H and O–H groups in total. The van der Waals surface area contributed by atoms with Gasteiger partial charge in [0.25, 0.3) is 5.69 Å². The van der Waals surface area contributed by atoms with Crippen LogP contribution in [0.25, 0.3) is 6.08 Å². The van der Waals surface area contributed by atoms with E-state index in [4.69, 9.17) is 9.47 Å². The van der Waals surface area contributed by atoms with Gasteiger partial charge in [-0.3, -0.25) is 14.9 Å². The van der Waals surface area contributed by atoms with Crippen molar-refractivity contribution in [3.05, 3.63) is 93.5 Å². The van der Waals surface area contributed by atoms with Crippen LogP contribution < -0.4 is 9.47 Å². The van der Waals surface area contributed by atoms with E-state index >= 15 is 0 Å². The van der Waals surface area contributed by atoms with Gasteiger partial charge >= 0.3 is 0 Å². The molecular weight excluding hydrogens is 414 g/mol. The number of carbonyl (C=O) groups excluding carboxylic acids is 1. The lowest BCUT2D eigenvalue weighted by molar-refractivity contribution is -0.387. The molecule has 0 unspecified atom stereocenters. The zero-order valence-corrected chi connectivity index (χ0v) is 17.6. The van der Waals surface area contributed by atoms with Crippen molar-refractivity contribution in [3.63, 3.8) is 0 Å². The van der Waals surface area contributed by atoms with Gasteiger partial charge in [0.2, 0.25) is 0 Å². The van der Waals surface area contributed by atoms with Gasteiger partial charge in [-0.2, -0.15) is 0 Å². The molecule has 0 radical (unpaired) electrons. The molecule has 7 heteroatoms. The fourth-order valence-corrected chi connectivity index (χ4v) is 3.97. The molecule has 0 bridgehead atoms. The standard InChI is InChI=1S/C24H19NO5S/c1-16-2-7-19(8-3-16)31-24-11-5-17(14-20(24)25(27)28)4-9-21(26)18-6-10-22-23(15-18)30-13-12-29-22/h2-11,14-15H,12-13H2,1H3. The number of allylic oxidation sites excluding steroid dienone is 1. The number of fused-ring (bicyclic) bond motifs is 1. The topological polar surface area (TPSA) is 78.7 Å². The number of hydrogen-bond donors (Lipinski definition) is 0. The minimum absolute atomic E-state index is 0.000460. The number of hydrogen-bond acceptors (Lipinski definition) is 6. The predicted octanol–water partition coefficient (Wildman–Crippen LogP) is 5.72. The van der Waals surface area contributed by atoms with Gasteiger partial charge in [0.05, 0.1) is 9.82 Å². The average molecular weight is 433 g/mol. The van der Waals surface area contributed by atoms with Crippen molar-refractivity contribution in [1.82, 2.24) is 0 Å². The Labute approximate surface area is 183 Å². The van der Waals surface area contributed by atoms with Gasteiger partial charge in [-0.1, -0.05) is 41.6 Å². The molecule has 31 heavy (non-hydrogen) atoms. The van der Waals surface area contributed by atoms with Crippen LogP contribution in [0.15, 0.2) is 76.5 Å². The molecule has 0 aromatic heterocycles. The molecule has 156 valence electrons. The van der Waals surface area contributed by atoms with E-state index in [0.717, 1.165) is 10.5 Å². The summed E-state index contributed by atoms with van der Waals surface area (Å²) in [6, 6.07) is 17.8. The van der Waals surface area contributed by atoms with Crippen molar-refractivity contribution < 1.29 is 19.2 Å². The first-order valence-corrected chi connectivity index (χ1v) is 10.5. The monoisotopic (exact) mass is 433 g/mol. The summed E-state index contributed by atoms with van der Waals surface area (Å²) >= 11 is 1.34. The molecule has 0 fully saturated rings. The molecule has 1 aliphatic heterocycles. The second-order valence-corrected chi connectivity index (χ2v) is 8.07. The molecule has 4 rings (SSSR count). The minimum Gasteiger partial charge on any atom is -0.486 e. The second-order valence-electron chi connectivity index (χ2n) is 6.96. The smallest absolute Gasteiger partial charge is 0.283 e. The third kappa shape index (κ3) is 4.95. The van der Waals surface area contributed by atoms with E-state index in [0.29, 0.717) is 40.7 Å². The van der Waals surface area contributed by atoms with Gasteiger partial charge in [0.1, 0.15) is 13.2 Å². The molecule has 0 atom stereocenters. The molecule has 6 nitrogen and oxygen atoms in total. The zero-order chi connectivity index (χ0) is 21.8. The summed E-state index contributed by atoms with van der Waals surface area (Å²) in [4.78, 5) is 25.2. The molecule has 3 aromatic rings. The molecule has 0 spiro atoms. The van der Waals surface area contributed by atoms with Crippen LogP contribution >= 0.6 is 11.8 Å². The second kappa shape index (κ2) is 9.06. The summed E-state index contributed by atoms with van der Waals surface area (Å²) in [6.07, 6.45) is 2.98. The highest BCUT2D eigenvalue weighted by Crippen LogP contribution is 2.36. The maximum Gasteiger partial charge on any atom is 0.283 e. The Morgan fingerprint density at radius 2 is 1.74 bits per heavy atom. The summed E-state index contributed by atoms with van der Waals surface area (Å²) in [7, 11) is 0. The van der Waals surface area contributed by atoms with E-state index in [1.807, 2.05) is 31.2 Å². The van der Waals surface area contributed by atoms with Gasteiger partial charge in [0, 0.05) is 16.5 Å². The first-order chi connectivity index (χ1) is 15.0.